The minimum absolute atomic E-state index is 0.169. The molecule has 0 spiro atoms. The first kappa shape index (κ1) is 20.4. The number of hydrogen-bond acceptors (Lipinski definition) is 7. The van der Waals surface area contributed by atoms with Crippen molar-refractivity contribution in [1.82, 2.24) is 20.2 Å². The fourth-order valence-electron chi connectivity index (χ4n) is 3.76. The molecular weight excluding hydrogens is 418 g/mol. The minimum atomic E-state index is -0.571. The maximum atomic E-state index is 13.2. The number of aromatic nitrogens is 4. The van der Waals surface area contributed by atoms with Crippen LogP contribution in [0.4, 0.5) is 5.95 Å². The van der Waals surface area contributed by atoms with E-state index >= 15 is 0 Å². The van der Waals surface area contributed by atoms with E-state index in [1.165, 1.54) is 0 Å². The highest BCUT2D eigenvalue weighted by molar-refractivity contribution is 5.92. The summed E-state index contributed by atoms with van der Waals surface area (Å²) in [4.78, 5) is 13.2. The molecule has 1 aromatic heterocycles. The lowest BCUT2D eigenvalue weighted by atomic mass is 9.95. The van der Waals surface area contributed by atoms with Crippen LogP contribution in [0.5, 0.6) is 11.5 Å². The number of rotatable bonds is 6. The van der Waals surface area contributed by atoms with Crippen molar-refractivity contribution in [3.8, 4) is 11.5 Å². The second-order valence-corrected chi connectivity index (χ2v) is 7.56. The van der Waals surface area contributed by atoms with Crippen molar-refractivity contribution < 1.29 is 14.3 Å². The summed E-state index contributed by atoms with van der Waals surface area (Å²) in [7, 11) is 0. The van der Waals surface area contributed by atoms with Crippen LogP contribution in [-0.4, -0.2) is 26.2 Å². The highest BCUT2D eigenvalue weighted by Crippen LogP contribution is 2.36. The number of ether oxygens (including phenoxy) is 2. The van der Waals surface area contributed by atoms with Crippen LogP contribution in [0.3, 0.4) is 0 Å². The van der Waals surface area contributed by atoms with Gasteiger partial charge in [-0.05, 0) is 52.7 Å². The van der Waals surface area contributed by atoms with Crippen LogP contribution >= 0.6 is 0 Å². The largest absolute Gasteiger partial charge is 0.457 e. The molecule has 1 aliphatic rings. The number of allylic oxidation sites excluding steroid dienone is 1. The van der Waals surface area contributed by atoms with Crippen LogP contribution in [-0.2, 0) is 16.1 Å². The van der Waals surface area contributed by atoms with E-state index in [4.69, 9.17) is 9.47 Å². The first-order valence-corrected chi connectivity index (χ1v) is 10.5. The Bertz CT molecular complexity index is 1300. The average Bonchev–Trinajstić information content (AvgIpc) is 3.31. The zero-order valence-electron chi connectivity index (χ0n) is 17.9. The third-order valence-electron chi connectivity index (χ3n) is 5.30. The molecule has 0 fully saturated rings. The molecule has 0 aliphatic carbocycles. The van der Waals surface area contributed by atoms with Gasteiger partial charge in [0.25, 0.3) is 0 Å². The number of nitrogens with one attached hydrogen (secondary N) is 1. The predicted molar refractivity (Wildman–Crippen MR) is 121 cm³/mol. The maximum Gasteiger partial charge on any atom is 0.338 e. The third-order valence-corrected chi connectivity index (χ3v) is 5.30. The SMILES string of the molecule is CC1=C(C(=O)OCc2ccccc2)C(c2cccc(Oc3ccccc3)c2)n2nnnc2N1. The number of benzene rings is 3. The van der Waals surface area contributed by atoms with E-state index in [1.54, 1.807) is 4.68 Å². The number of carbonyl (C=O) groups is 1. The zero-order valence-corrected chi connectivity index (χ0v) is 17.9. The Morgan fingerprint density at radius 1 is 0.970 bits per heavy atom. The molecule has 8 heteroatoms. The van der Waals surface area contributed by atoms with E-state index in [2.05, 4.69) is 20.8 Å². The summed E-state index contributed by atoms with van der Waals surface area (Å²) in [5, 5.41) is 15.0. The number of carbonyl (C=O) groups excluding carboxylic acids is 1. The maximum absolute atomic E-state index is 13.2. The molecule has 1 N–H and O–H groups in total. The Morgan fingerprint density at radius 2 is 1.70 bits per heavy atom. The van der Waals surface area contributed by atoms with Gasteiger partial charge in [0.05, 0.1) is 5.57 Å². The van der Waals surface area contributed by atoms with Crippen molar-refractivity contribution in [1.29, 1.82) is 0 Å². The summed E-state index contributed by atoms with van der Waals surface area (Å²) in [6.07, 6.45) is 0. The molecular formula is C25H21N5O3. The molecule has 1 atom stereocenters. The molecule has 164 valence electrons. The van der Waals surface area contributed by atoms with Gasteiger partial charge < -0.3 is 14.8 Å². The lowest BCUT2D eigenvalue weighted by Crippen LogP contribution is -2.29. The third kappa shape index (κ3) is 4.31. The fourth-order valence-corrected chi connectivity index (χ4v) is 3.76. The molecule has 3 aromatic carbocycles. The summed E-state index contributed by atoms with van der Waals surface area (Å²) in [6.45, 7) is 1.98. The van der Waals surface area contributed by atoms with E-state index in [0.717, 1.165) is 16.9 Å². The number of para-hydroxylation sites is 1. The topological polar surface area (TPSA) is 91.2 Å². The number of fused-ring (bicyclic) bond motifs is 1. The van der Waals surface area contributed by atoms with Gasteiger partial charge in [0.15, 0.2) is 0 Å². The van der Waals surface area contributed by atoms with Crippen molar-refractivity contribution in [3.63, 3.8) is 0 Å². The van der Waals surface area contributed by atoms with Gasteiger partial charge in [0.2, 0.25) is 5.95 Å². The summed E-state index contributed by atoms with van der Waals surface area (Å²) in [5.74, 6) is 1.37. The standard InChI is InChI=1S/C25H21N5O3/c1-17-22(24(31)32-16-18-9-4-2-5-10-18)23(30-25(26-17)27-28-29-30)19-11-8-14-21(15-19)33-20-12-6-3-7-13-20/h2-15,23H,16H2,1H3,(H,26,27,29). The van der Waals surface area contributed by atoms with Crippen LogP contribution in [0, 0.1) is 0 Å². The Morgan fingerprint density at radius 3 is 2.48 bits per heavy atom. The van der Waals surface area contributed by atoms with Crippen molar-refractivity contribution in [2.24, 2.45) is 0 Å². The van der Waals surface area contributed by atoms with Gasteiger partial charge in [0, 0.05) is 5.70 Å². The monoisotopic (exact) mass is 439 g/mol. The zero-order chi connectivity index (χ0) is 22.6. The summed E-state index contributed by atoms with van der Waals surface area (Å²) in [5.41, 5.74) is 2.77. The minimum Gasteiger partial charge on any atom is -0.457 e. The lowest BCUT2D eigenvalue weighted by molar-refractivity contribution is -0.140. The number of nitrogens with zero attached hydrogens (tertiary/aromatic N) is 4. The van der Waals surface area contributed by atoms with Gasteiger partial charge in [-0.1, -0.05) is 65.8 Å². The molecule has 0 bridgehead atoms. The molecule has 1 unspecified atom stereocenters. The van der Waals surface area contributed by atoms with Crippen molar-refractivity contribution in [3.05, 3.63) is 107 Å². The molecule has 5 rings (SSSR count). The van der Waals surface area contributed by atoms with Gasteiger partial charge in [-0.2, -0.15) is 4.68 Å². The average molecular weight is 439 g/mol. The second-order valence-electron chi connectivity index (χ2n) is 7.56. The molecule has 8 nitrogen and oxygen atoms in total. The first-order valence-electron chi connectivity index (χ1n) is 10.5. The van der Waals surface area contributed by atoms with Gasteiger partial charge in [-0.3, -0.25) is 0 Å². The van der Waals surface area contributed by atoms with E-state index in [0.29, 0.717) is 23.0 Å². The predicted octanol–water partition coefficient (Wildman–Crippen LogP) is 4.50. The number of anilines is 1. The van der Waals surface area contributed by atoms with Gasteiger partial charge >= 0.3 is 5.97 Å². The van der Waals surface area contributed by atoms with Crippen LogP contribution < -0.4 is 10.1 Å². The molecule has 1 aliphatic heterocycles. The molecule has 4 aromatic rings. The van der Waals surface area contributed by atoms with E-state index in [1.807, 2.05) is 91.9 Å². The van der Waals surface area contributed by atoms with Crippen LogP contribution in [0.1, 0.15) is 24.1 Å². The Hall–Kier alpha value is -4.46. The molecule has 33 heavy (non-hydrogen) atoms. The van der Waals surface area contributed by atoms with Crippen LogP contribution in [0.25, 0.3) is 0 Å². The highest BCUT2D eigenvalue weighted by Gasteiger charge is 2.35. The second kappa shape index (κ2) is 8.96. The van der Waals surface area contributed by atoms with Crippen LogP contribution in [0.15, 0.2) is 96.2 Å². The van der Waals surface area contributed by atoms with E-state index < -0.39 is 12.0 Å². The smallest absolute Gasteiger partial charge is 0.338 e. The van der Waals surface area contributed by atoms with Crippen LogP contribution in [0.2, 0.25) is 0 Å². The number of tetrazole rings is 1. The number of hydrogen-bond donors (Lipinski definition) is 1. The van der Waals surface area contributed by atoms with E-state index in [9.17, 15) is 4.79 Å². The summed E-state index contributed by atoms with van der Waals surface area (Å²) in [6, 6.07) is 26.0. The Balaban J connectivity index is 1.47. The Labute approximate surface area is 190 Å². The van der Waals surface area contributed by atoms with Crippen molar-refractivity contribution in [2.45, 2.75) is 19.6 Å². The molecule has 2 heterocycles. The summed E-state index contributed by atoms with van der Waals surface area (Å²) >= 11 is 0. The fraction of sp³-hybridized carbons (Fsp3) is 0.120. The normalized spacial score (nSPS) is 14.9. The molecule has 0 saturated heterocycles. The summed E-state index contributed by atoms with van der Waals surface area (Å²) < 4.78 is 13.2. The van der Waals surface area contributed by atoms with Crippen molar-refractivity contribution >= 4 is 11.9 Å². The molecule has 0 saturated carbocycles. The van der Waals surface area contributed by atoms with Gasteiger partial charge in [-0.25, -0.2) is 4.79 Å². The Kier molecular flexibility index (Phi) is 5.55. The van der Waals surface area contributed by atoms with E-state index in [-0.39, 0.29) is 6.61 Å². The van der Waals surface area contributed by atoms with Crippen molar-refractivity contribution in [2.75, 3.05) is 5.32 Å². The molecule has 0 radical (unpaired) electrons. The lowest BCUT2D eigenvalue weighted by Gasteiger charge is -2.27. The quantitative estimate of drug-likeness (QED) is 0.442. The molecule has 0 amide bonds. The van der Waals surface area contributed by atoms with Gasteiger partial charge in [-0.15, -0.1) is 0 Å². The van der Waals surface area contributed by atoms with Gasteiger partial charge in [0.1, 0.15) is 24.1 Å². The first-order chi connectivity index (χ1) is 16.2. The number of esters is 1. The highest BCUT2D eigenvalue weighted by atomic mass is 16.5.